The number of nitrogens with one attached hydrogen (secondary N) is 1. The molecule has 0 amide bonds. The van der Waals surface area contributed by atoms with Gasteiger partial charge in [-0.1, -0.05) is 0 Å². The first-order valence-electron chi connectivity index (χ1n) is 3.66. The molecule has 0 aliphatic rings. The lowest BCUT2D eigenvalue weighted by Crippen LogP contribution is -2.06. The highest BCUT2D eigenvalue weighted by molar-refractivity contribution is 5.30. The highest BCUT2D eigenvalue weighted by Crippen LogP contribution is 2.22. The van der Waals surface area contributed by atoms with Crippen LogP contribution in [0.3, 0.4) is 0 Å². The number of rotatable bonds is 2. The van der Waals surface area contributed by atoms with Gasteiger partial charge in [-0.2, -0.15) is 0 Å². The molecule has 0 saturated heterocycles. The number of H-pyrrole nitrogens is 1. The summed E-state index contributed by atoms with van der Waals surface area (Å²) in [6, 6.07) is 0. The predicted octanol–water partition coefficient (Wildman–Crippen LogP) is 1.58. The molecule has 0 spiro atoms. The van der Waals surface area contributed by atoms with Crippen molar-refractivity contribution in [1.29, 1.82) is 0 Å². The van der Waals surface area contributed by atoms with Crippen LogP contribution in [0, 0.1) is 13.8 Å². The minimum absolute atomic E-state index is 0.0266. The van der Waals surface area contributed by atoms with Crippen molar-refractivity contribution in [3.05, 3.63) is 23.0 Å². The lowest BCUT2D eigenvalue weighted by molar-refractivity contribution is 0.0657. The molecule has 0 bridgehead atoms. The number of hydrogen-bond acceptors (Lipinski definition) is 2. The Morgan fingerprint density at radius 2 is 2.18 bits per heavy atom. The molecule has 1 heterocycles. The molecule has 1 rings (SSSR count). The van der Waals surface area contributed by atoms with E-state index in [1.165, 1.54) is 5.56 Å². The molecule has 0 aliphatic carbocycles. The molecule has 1 aromatic rings. The molecule has 0 radical (unpaired) electrons. The van der Waals surface area contributed by atoms with Crippen molar-refractivity contribution in [2.24, 2.45) is 5.90 Å². The fraction of sp³-hybridized carbons (Fsp3) is 0.500. The van der Waals surface area contributed by atoms with Crippen LogP contribution in [0.4, 0.5) is 0 Å². The maximum absolute atomic E-state index is 5.09. The van der Waals surface area contributed by atoms with Gasteiger partial charge in [0.15, 0.2) is 0 Å². The molecular formula is C8H14N2O. The zero-order valence-electron chi connectivity index (χ0n) is 7.14. The largest absolute Gasteiger partial charge is 0.365 e. The summed E-state index contributed by atoms with van der Waals surface area (Å²) >= 11 is 0. The summed E-state index contributed by atoms with van der Waals surface area (Å²) < 4.78 is 0. The van der Waals surface area contributed by atoms with Crippen molar-refractivity contribution < 1.29 is 4.84 Å². The van der Waals surface area contributed by atoms with Gasteiger partial charge in [0.05, 0.1) is 0 Å². The number of nitrogens with two attached hydrogens (primary N) is 1. The van der Waals surface area contributed by atoms with Crippen LogP contribution in [0.25, 0.3) is 0 Å². The minimum Gasteiger partial charge on any atom is -0.365 e. The van der Waals surface area contributed by atoms with Crippen molar-refractivity contribution in [3.8, 4) is 0 Å². The van der Waals surface area contributed by atoms with Crippen molar-refractivity contribution in [2.45, 2.75) is 26.9 Å². The molecule has 11 heavy (non-hydrogen) atoms. The summed E-state index contributed by atoms with van der Waals surface area (Å²) in [5.74, 6) is 5.09. The third-order valence-electron chi connectivity index (χ3n) is 1.94. The quantitative estimate of drug-likeness (QED) is 0.635. The maximum atomic E-state index is 5.09. The molecule has 1 unspecified atom stereocenters. The Morgan fingerprint density at radius 1 is 1.55 bits per heavy atom. The van der Waals surface area contributed by atoms with Gasteiger partial charge in [-0.15, -0.1) is 0 Å². The first-order valence-corrected chi connectivity index (χ1v) is 3.66. The van der Waals surface area contributed by atoms with Gasteiger partial charge in [-0.05, 0) is 26.3 Å². The first-order chi connectivity index (χ1) is 5.16. The Balaban J connectivity index is 3.00. The average molecular weight is 154 g/mol. The van der Waals surface area contributed by atoms with Gasteiger partial charge in [0.2, 0.25) is 0 Å². The lowest BCUT2D eigenvalue weighted by Gasteiger charge is -2.09. The second kappa shape index (κ2) is 3.07. The topological polar surface area (TPSA) is 51.0 Å². The molecule has 3 nitrogen and oxygen atoms in total. The van der Waals surface area contributed by atoms with E-state index in [0.717, 1.165) is 11.3 Å². The number of aryl methyl sites for hydroxylation is 2. The Hall–Kier alpha value is -0.800. The van der Waals surface area contributed by atoms with E-state index in [9.17, 15) is 0 Å². The van der Waals surface area contributed by atoms with E-state index >= 15 is 0 Å². The lowest BCUT2D eigenvalue weighted by atomic mass is 10.1. The summed E-state index contributed by atoms with van der Waals surface area (Å²) in [7, 11) is 0. The van der Waals surface area contributed by atoms with Crippen LogP contribution in [0.5, 0.6) is 0 Å². The third kappa shape index (κ3) is 1.44. The fourth-order valence-corrected chi connectivity index (χ4v) is 1.36. The van der Waals surface area contributed by atoms with Crippen LogP contribution in [0.1, 0.15) is 29.8 Å². The van der Waals surface area contributed by atoms with Gasteiger partial charge < -0.3 is 4.98 Å². The Morgan fingerprint density at radius 3 is 2.55 bits per heavy atom. The Bertz CT molecular complexity index is 223. The Labute approximate surface area is 66.5 Å². The average Bonchev–Trinajstić information content (AvgIpc) is 2.30. The van der Waals surface area contributed by atoms with Crippen LogP contribution in [0.15, 0.2) is 6.20 Å². The highest BCUT2D eigenvalue weighted by Gasteiger charge is 2.11. The normalized spacial score (nSPS) is 13.5. The molecule has 3 heteroatoms. The monoisotopic (exact) mass is 154 g/mol. The number of aromatic amines is 1. The summed E-state index contributed by atoms with van der Waals surface area (Å²) in [5, 5.41) is 0. The SMILES string of the molecule is Cc1c[nH]c(C)c1C(C)ON. The summed E-state index contributed by atoms with van der Waals surface area (Å²) in [6.07, 6.45) is 1.93. The first kappa shape index (κ1) is 8.30. The van der Waals surface area contributed by atoms with Crippen LogP contribution in [-0.2, 0) is 4.84 Å². The summed E-state index contributed by atoms with van der Waals surface area (Å²) in [6.45, 7) is 5.98. The van der Waals surface area contributed by atoms with Crippen molar-refractivity contribution in [2.75, 3.05) is 0 Å². The van der Waals surface area contributed by atoms with Crippen LogP contribution < -0.4 is 5.90 Å². The molecule has 0 aromatic carbocycles. The van der Waals surface area contributed by atoms with Crippen molar-refractivity contribution in [3.63, 3.8) is 0 Å². The molecular weight excluding hydrogens is 140 g/mol. The third-order valence-corrected chi connectivity index (χ3v) is 1.94. The van der Waals surface area contributed by atoms with E-state index in [0.29, 0.717) is 0 Å². The fourth-order valence-electron chi connectivity index (χ4n) is 1.36. The second-order valence-corrected chi connectivity index (χ2v) is 2.79. The van der Waals surface area contributed by atoms with E-state index in [1.807, 2.05) is 27.0 Å². The van der Waals surface area contributed by atoms with Gasteiger partial charge in [-0.3, -0.25) is 4.84 Å². The zero-order valence-corrected chi connectivity index (χ0v) is 7.14. The second-order valence-electron chi connectivity index (χ2n) is 2.79. The van der Waals surface area contributed by atoms with Crippen LogP contribution in [-0.4, -0.2) is 4.98 Å². The highest BCUT2D eigenvalue weighted by atomic mass is 16.6. The summed E-state index contributed by atoms with van der Waals surface area (Å²) in [5.41, 5.74) is 3.48. The molecule has 0 saturated carbocycles. The van der Waals surface area contributed by atoms with E-state index in [2.05, 4.69) is 4.98 Å². The smallest absolute Gasteiger partial charge is 0.103 e. The molecule has 3 N–H and O–H groups in total. The van der Waals surface area contributed by atoms with E-state index in [1.54, 1.807) is 0 Å². The van der Waals surface area contributed by atoms with E-state index in [-0.39, 0.29) is 6.10 Å². The van der Waals surface area contributed by atoms with Gasteiger partial charge in [0, 0.05) is 17.5 Å². The molecule has 0 fully saturated rings. The van der Waals surface area contributed by atoms with E-state index < -0.39 is 0 Å². The van der Waals surface area contributed by atoms with Gasteiger partial charge >= 0.3 is 0 Å². The standard InChI is InChI=1S/C8H14N2O/c1-5-4-10-6(2)8(5)7(3)11-9/h4,7,10H,9H2,1-3H3. The van der Waals surface area contributed by atoms with Gasteiger partial charge in [0.1, 0.15) is 6.10 Å². The van der Waals surface area contributed by atoms with Crippen LogP contribution in [0.2, 0.25) is 0 Å². The van der Waals surface area contributed by atoms with Gasteiger partial charge in [-0.25, -0.2) is 5.90 Å². The van der Waals surface area contributed by atoms with Gasteiger partial charge in [0.25, 0.3) is 0 Å². The van der Waals surface area contributed by atoms with Crippen molar-refractivity contribution >= 4 is 0 Å². The maximum Gasteiger partial charge on any atom is 0.103 e. The molecule has 1 atom stereocenters. The number of aromatic nitrogens is 1. The van der Waals surface area contributed by atoms with Crippen LogP contribution >= 0.6 is 0 Å². The zero-order chi connectivity index (χ0) is 8.43. The van der Waals surface area contributed by atoms with Crippen molar-refractivity contribution in [1.82, 2.24) is 4.98 Å². The predicted molar refractivity (Wildman–Crippen MR) is 44.0 cm³/mol. The number of hydrogen-bond donors (Lipinski definition) is 2. The Kier molecular flexibility index (Phi) is 2.31. The minimum atomic E-state index is -0.0266. The summed E-state index contributed by atoms with van der Waals surface area (Å²) in [4.78, 5) is 7.85. The molecule has 0 aliphatic heterocycles. The van der Waals surface area contributed by atoms with E-state index in [4.69, 9.17) is 10.7 Å². The molecule has 62 valence electrons. The molecule has 1 aromatic heterocycles.